The molecule has 0 aliphatic heterocycles. The highest BCUT2D eigenvalue weighted by Gasteiger charge is 2.08. The molecule has 0 amide bonds. The SMILES string of the molecule is CCNC(=NCc1ccc(-n2ccnc2)c(F)c1)NCc1nc(C(C)C)cs1. The van der Waals surface area contributed by atoms with Gasteiger partial charge in [-0.3, -0.25) is 0 Å². The molecule has 6 nitrogen and oxygen atoms in total. The van der Waals surface area contributed by atoms with E-state index in [2.05, 4.69) is 44.8 Å². The van der Waals surface area contributed by atoms with Gasteiger partial charge in [0, 0.05) is 24.3 Å². The number of nitrogens with zero attached hydrogens (tertiary/aromatic N) is 4. The molecule has 3 rings (SSSR count). The molecule has 8 heteroatoms. The van der Waals surface area contributed by atoms with E-state index in [0.29, 0.717) is 30.7 Å². The zero-order chi connectivity index (χ0) is 19.9. The zero-order valence-corrected chi connectivity index (χ0v) is 17.1. The fraction of sp³-hybridized carbons (Fsp3) is 0.350. The first-order valence-electron chi connectivity index (χ1n) is 9.30. The van der Waals surface area contributed by atoms with Gasteiger partial charge in [-0.1, -0.05) is 19.9 Å². The third-order valence-electron chi connectivity index (χ3n) is 4.13. The standard InChI is InChI=1S/C20H25FN6S/c1-4-23-20(25-11-19-26-17(12-28-19)14(2)3)24-10-15-5-6-18(16(21)9-15)27-8-7-22-13-27/h5-9,12-14H,4,10-11H2,1-3H3,(H2,23,24,25). The van der Waals surface area contributed by atoms with E-state index in [1.807, 2.05) is 13.0 Å². The molecular formula is C20H25FN6S. The average molecular weight is 401 g/mol. The van der Waals surface area contributed by atoms with Crippen LogP contribution >= 0.6 is 11.3 Å². The van der Waals surface area contributed by atoms with Gasteiger partial charge < -0.3 is 15.2 Å². The number of rotatable bonds is 7. The van der Waals surface area contributed by atoms with Gasteiger partial charge in [-0.25, -0.2) is 19.4 Å². The number of hydrogen-bond donors (Lipinski definition) is 2. The van der Waals surface area contributed by atoms with Crippen molar-refractivity contribution < 1.29 is 4.39 Å². The van der Waals surface area contributed by atoms with Crippen LogP contribution in [0.25, 0.3) is 5.69 Å². The molecule has 2 N–H and O–H groups in total. The highest BCUT2D eigenvalue weighted by molar-refractivity contribution is 7.09. The highest BCUT2D eigenvalue weighted by atomic mass is 32.1. The van der Waals surface area contributed by atoms with Crippen molar-refractivity contribution in [1.82, 2.24) is 25.2 Å². The Morgan fingerprint density at radius 2 is 2.18 bits per heavy atom. The Hall–Kier alpha value is -2.74. The Labute approximate surface area is 168 Å². The molecule has 0 saturated heterocycles. The van der Waals surface area contributed by atoms with Crippen LogP contribution in [-0.2, 0) is 13.1 Å². The van der Waals surface area contributed by atoms with E-state index in [1.165, 1.54) is 6.07 Å². The molecule has 1 aromatic carbocycles. The molecule has 0 bridgehead atoms. The van der Waals surface area contributed by atoms with Crippen molar-refractivity contribution in [2.45, 2.75) is 39.8 Å². The monoisotopic (exact) mass is 400 g/mol. The largest absolute Gasteiger partial charge is 0.357 e. The lowest BCUT2D eigenvalue weighted by Gasteiger charge is -2.11. The number of hydrogen-bond acceptors (Lipinski definition) is 4. The van der Waals surface area contributed by atoms with Crippen molar-refractivity contribution in [2.24, 2.45) is 4.99 Å². The molecule has 3 aromatic rings. The number of aromatic nitrogens is 3. The number of benzene rings is 1. The normalized spacial score (nSPS) is 11.8. The van der Waals surface area contributed by atoms with E-state index >= 15 is 0 Å². The van der Waals surface area contributed by atoms with Crippen LogP contribution in [0.15, 0.2) is 47.3 Å². The number of imidazole rings is 1. The third kappa shape index (κ3) is 5.16. The van der Waals surface area contributed by atoms with E-state index < -0.39 is 0 Å². The molecule has 0 aliphatic carbocycles. The summed E-state index contributed by atoms with van der Waals surface area (Å²) in [7, 11) is 0. The predicted octanol–water partition coefficient (Wildman–Crippen LogP) is 3.85. The second kappa shape index (κ2) is 9.45. The number of halogens is 1. The van der Waals surface area contributed by atoms with E-state index in [-0.39, 0.29) is 5.82 Å². The van der Waals surface area contributed by atoms with E-state index in [4.69, 9.17) is 0 Å². The Kier molecular flexibility index (Phi) is 6.76. The van der Waals surface area contributed by atoms with Gasteiger partial charge in [-0.15, -0.1) is 11.3 Å². The molecule has 0 unspecified atom stereocenters. The first-order chi connectivity index (χ1) is 13.6. The van der Waals surface area contributed by atoms with E-state index in [0.717, 1.165) is 22.8 Å². The molecule has 2 aromatic heterocycles. The fourth-order valence-electron chi connectivity index (χ4n) is 2.60. The average Bonchev–Trinajstić information content (AvgIpc) is 3.36. The van der Waals surface area contributed by atoms with Crippen molar-refractivity contribution in [3.05, 3.63) is 64.4 Å². The first kappa shape index (κ1) is 20.0. The smallest absolute Gasteiger partial charge is 0.191 e. The molecule has 148 valence electrons. The van der Waals surface area contributed by atoms with Gasteiger partial charge in [0.25, 0.3) is 0 Å². The zero-order valence-electron chi connectivity index (χ0n) is 16.3. The van der Waals surface area contributed by atoms with Gasteiger partial charge >= 0.3 is 0 Å². The third-order valence-corrected chi connectivity index (χ3v) is 4.99. The summed E-state index contributed by atoms with van der Waals surface area (Å²) in [6.45, 7) is 8.01. The molecule has 28 heavy (non-hydrogen) atoms. The number of guanidine groups is 1. The maximum atomic E-state index is 14.4. The fourth-order valence-corrected chi connectivity index (χ4v) is 3.50. The molecule has 0 spiro atoms. The van der Waals surface area contributed by atoms with Crippen molar-refractivity contribution in [2.75, 3.05) is 6.54 Å². The number of thiazole rings is 1. The van der Waals surface area contributed by atoms with Crippen LogP contribution in [-0.4, -0.2) is 27.0 Å². The van der Waals surface area contributed by atoms with Crippen LogP contribution in [0, 0.1) is 5.82 Å². The van der Waals surface area contributed by atoms with Crippen LogP contribution in [0.1, 0.15) is 43.0 Å². The van der Waals surface area contributed by atoms with Gasteiger partial charge in [0.05, 0.1) is 30.8 Å². The van der Waals surface area contributed by atoms with Gasteiger partial charge in [0.1, 0.15) is 10.8 Å². The van der Waals surface area contributed by atoms with Crippen molar-refractivity contribution >= 4 is 17.3 Å². The maximum absolute atomic E-state index is 14.4. The van der Waals surface area contributed by atoms with E-state index in [9.17, 15) is 4.39 Å². The summed E-state index contributed by atoms with van der Waals surface area (Å²) in [5, 5.41) is 9.61. The lowest BCUT2D eigenvalue weighted by Crippen LogP contribution is -2.36. The lowest BCUT2D eigenvalue weighted by atomic mass is 10.2. The molecule has 0 radical (unpaired) electrons. The van der Waals surface area contributed by atoms with Gasteiger partial charge in [-0.2, -0.15) is 0 Å². The van der Waals surface area contributed by atoms with Crippen molar-refractivity contribution in [3.8, 4) is 5.69 Å². The van der Waals surface area contributed by atoms with Crippen molar-refractivity contribution in [3.63, 3.8) is 0 Å². The highest BCUT2D eigenvalue weighted by Crippen LogP contribution is 2.18. The summed E-state index contributed by atoms with van der Waals surface area (Å²) < 4.78 is 16.0. The Bertz CT molecular complexity index is 917. The van der Waals surface area contributed by atoms with Crippen LogP contribution < -0.4 is 10.6 Å². The van der Waals surface area contributed by atoms with Gasteiger partial charge in [0.2, 0.25) is 0 Å². The molecule has 0 aliphatic rings. The summed E-state index contributed by atoms with van der Waals surface area (Å²) >= 11 is 1.64. The molecule has 0 saturated carbocycles. The molecular weight excluding hydrogens is 375 g/mol. The summed E-state index contributed by atoms with van der Waals surface area (Å²) in [4.78, 5) is 13.1. The predicted molar refractivity (Wildman–Crippen MR) is 111 cm³/mol. The van der Waals surface area contributed by atoms with Crippen LogP contribution in [0.5, 0.6) is 0 Å². The molecule has 0 atom stereocenters. The quantitative estimate of drug-likeness (QED) is 0.467. The molecule has 0 fully saturated rings. The summed E-state index contributed by atoms with van der Waals surface area (Å²) in [5.74, 6) is 0.808. The summed E-state index contributed by atoms with van der Waals surface area (Å²) in [5.41, 5.74) is 2.38. The second-order valence-electron chi connectivity index (χ2n) is 6.63. The minimum atomic E-state index is -0.298. The van der Waals surface area contributed by atoms with E-state index in [1.54, 1.807) is 40.7 Å². The second-order valence-corrected chi connectivity index (χ2v) is 7.57. The van der Waals surface area contributed by atoms with Crippen LogP contribution in [0.2, 0.25) is 0 Å². The van der Waals surface area contributed by atoms with Crippen LogP contribution in [0.4, 0.5) is 4.39 Å². The maximum Gasteiger partial charge on any atom is 0.191 e. The van der Waals surface area contributed by atoms with Crippen LogP contribution in [0.3, 0.4) is 0 Å². The minimum absolute atomic E-state index is 0.298. The summed E-state index contributed by atoms with van der Waals surface area (Å²) in [6.07, 6.45) is 4.91. The van der Waals surface area contributed by atoms with Gasteiger partial charge in [-0.05, 0) is 30.5 Å². The molecule has 2 heterocycles. The summed E-state index contributed by atoms with van der Waals surface area (Å²) in [6, 6.07) is 5.13. The van der Waals surface area contributed by atoms with Crippen molar-refractivity contribution in [1.29, 1.82) is 0 Å². The minimum Gasteiger partial charge on any atom is -0.357 e. The Balaban J connectivity index is 1.64. The Morgan fingerprint density at radius 3 is 2.82 bits per heavy atom. The first-order valence-corrected chi connectivity index (χ1v) is 10.2. The lowest BCUT2D eigenvalue weighted by molar-refractivity contribution is 0.615. The van der Waals surface area contributed by atoms with Gasteiger partial charge in [0.15, 0.2) is 5.96 Å². The number of aliphatic imine (C=N–C) groups is 1. The topological polar surface area (TPSA) is 67.1 Å². The Morgan fingerprint density at radius 1 is 1.32 bits per heavy atom. The number of nitrogens with one attached hydrogen (secondary N) is 2.